The third-order valence-corrected chi connectivity index (χ3v) is 2.50. The zero-order valence-electron chi connectivity index (χ0n) is 9.16. The second-order valence-electron chi connectivity index (χ2n) is 4.27. The summed E-state index contributed by atoms with van der Waals surface area (Å²) in [6, 6.07) is 0. The number of quaternary nitrogens is 1. The Morgan fingerprint density at radius 1 is 1.36 bits per heavy atom. The Balaban J connectivity index is 5.39. The Bertz CT molecular complexity index is 229. The lowest BCUT2D eigenvalue weighted by atomic mass is 9.89. The first kappa shape index (κ1) is 12.9. The number of carbonyl (C=O) groups excluding carboxylic acids is 2. The van der Waals surface area contributed by atoms with Gasteiger partial charge in [-0.05, 0) is 6.42 Å². The van der Waals surface area contributed by atoms with Gasteiger partial charge in [-0.15, -0.1) is 0 Å². The van der Waals surface area contributed by atoms with E-state index in [2.05, 4.69) is 0 Å². The summed E-state index contributed by atoms with van der Waals surface area (Å²) in [4.78, 5) is 22.4. The highest BCUT2D eigenvalue weighted by Crippen LogP contribution is 2.23. The van der Waals surface area contributed by atoms with Crippen molar-refractivity contribution in [2.45, 2.75) is 25.3 Å². The van der Waals surface area contributed by atoms with E-state index in [-0.39, 0.29) is 10.9 Å². The maximum Gasteiger partial charge on any atom is 0.285 e. The van der Waals surface area contributed by atoms with Crippen molar-refractivity contribution in [3.63, 3.8) is 0 Å². The molecule has 0 aromatic rings. The molecule has 14 heavy (non-hydrogen) atoms. The predicted molar refractivity (Wildman–Crippen MR) is 49.9 cm³/mol. The average molecular weight is 202 g/mol. The molecule has 0 bridgehead atoms. The van der Waals surface area contributed by atoms with E-state index < -0.39 is 17.4 Å². The van der Waals surface area contributed by atoms with Gasteiger partial charge < -0.3 is 20.1 Å². The van der Waals surface area contributed by atoms with Crippen molar-refractivity contribution in [3.05, 3.63) is 0 Å². The Labute approximate surface area is 84.1 Å². The standard InChI is InChI=1S/C9H18N2O3/c1-5-6-9(7(10)12,8(13)14)11(2,3)4/h5-6H2,1-4H3,(H2-,10,12,13,14). The smallest absolute Gasteiger partial charge is 0.285 e. The van der Waals surface area contributed by atoms with Gasteiger partial charge in [0.1, 0.15) is 5.97 Å². The van der Waals surface area contributed by atoms with Crippen LogP contribution in [0.1, 0.15) is 19.8 Å². The van der Waals surface area contributed by atoms with Crippen LogP contribution in [0.15, 0.2) is 0 Å². The van der Waals surface area contributed by atoms with Crippen molar-refractivity contribution in [2.75, 3.05) is 21.1 Å². The van der Waals surface area contributed by atoms with Crippen LogP contribution in [-0.4, -0.2) is 43.0 Å². The summed E-state index contributed by atoms with van der Waals surface area (Å²) < 4.78 is -0.0570. The lowest BCUT2D eigenvalue weighted by Gasteiger charge is -2.44. The number of carbonyl (C=O) groups is 2. The lowest BCUT2D eigenvalue weighted by molar-refractivity contribution is -0.906. The van der Waals surface area contributed by atoms with Crippen molar-refractivity contribution >= 4 is 11.9 Å². The van der Waals surface area contributed by atoms with Gasteiger partial charge in [0.2, 0.25) is 5.54 Å². The molecule has 0 radical (unpaired) electrons. The van der Waals surface area contributed by atoms with Crippen LogP contribution in [0.2, 0.25) is 0 Å². The summed E-state index contributed by atoms with van der Waals surface area (Å²) in [7, 11) is 4.86. The highest BCUT2D eigenvalue weighted by molar-refractivity contribution is 6.03. The van der Waals surface area contributed by atoms with Gasteiger partial charge >= 0.3 is 0 Å². The van der Waals surface area contributed by atoms with Crippen LogP contribution >= 0.6 is 0 Å². The Hall–Kier alpha value is -1.10. The summed E-state index contributed by atoms with van der Waals surface area (Å²) in [6.45, 7) is 1.80. The number of hydrogen-bond acceptors (Lipinski definition) is 3. The molecule has 0 aromatic heterocycles. The number of amides is 1. The van der Waals surface area contributed by atoms with E-state index in [9.17, 15) is 14.7 Å². The van der Waals surface area contributed by atoms with Crippen molar-refractivity contribution in [1.29, 1.82) is 0 Å². The molecule has 0 heterocycles. The molecule has 0 saturated carbocycles. The Morgan fingerprint density at radius 3 is 1.86 bits per heavy atom. The molecule has 0 spiro atoms. The molecule has 82 valence electrons. The van der Waals surface area contributed by atoms with Crippen LogP contribution in [0.25, 0.3) is 0 Å². The first-order valence-electron chi connectivity index (χ1n) is 4.53. The normalized spacial score (nSPS) is 16.0. The SMILES string of the molecule is CCCC(C(N)=O)(C(=O)[O-])[N+](C)(C)C. The highest BCUT2D eigenvalue weighted by atomic mass is 16.4. The second kappa shape index (κ2) is 3.96. The summed E-state index contributed by atoms with van der Waals surface area (Å²) in [5, 5.41) is 11.1. The maximum atomic E-state index is 11.3. The van der Waals surface area contributed by atoms with E-state index in [0.717, 1.165) is 0 Å². The van der Waals surface area contributed by atoms with Crippen molar-refractivity contribution < 1.29 is 19.2 Å². The van der Waals surface area contributed by atoms with Gasteiger partial charge in [-0.25, -0.2) is 0 Å². The fraction of sp³-hybridized carbons (Fsp3) is 0.778. The fourth-order valence-electron chi connectivity index (χ4n) is 1.63. The molecule has 0 fully saturated rings. The van der Waals surface area contributed by atoms with Crippen LogP contribution in [0.3, 0.4) is 0 Å². The number of likely N-dealkylation sites (N-methyl/N-ethyl adjacent to an activating group) is 1. The molecule has 0 aliphatic carbocycles. The number of nitrogens with zero attached hydrogens (tertiary/aromatic N) is 1. The third-order valence-electron chi connectivity index (χ3n) is 2.50. The minimum Gasteiger partial charge on any atom is -0.543 e. The number of nitrogens with two attached hydrogens (primary N) is 1. The maximum absolute atomic E-state index is 11.3. The summed E-state index contributed by atoms with van der Waals surface area (Å²) >= 11 is 0. The van der Waals surface area contributed by atoms with Gasteiger partial charge in [0.25, 0.3) is 5.91 Å². The number of hydrogen-bond donors (Lipinski definition) is 1. The molecule has 0 aromatic carbocycles. The first-order valence-corrected chi connectivity index (χ1v) is 4.53. The van der Waals surface area contributed by atoms with Gasteiger partial charge in [-0.2, -0.15) is 0 Å². The molecule has 0 aliphatic heterocycles. The second-order valence-corrected chi connectivity index (χ2v) is 4.27. The molecule has 1 unspecified atom stereocenters. The lowest BCUT2D eigenvalue weighted by Crippen LogP contribution is -2.72. The van der Waals surface area contributed by atoms with Gasteiger partial charge in [-0.3, -0.25) is 4.79 Å². The molecule has 0 aliphatic rings. The topological polar surface area (TPSA) is 83.2 Å². The van der Waals surface area contributed by atoms with Gasteiger partial charge in [0, 0.05) is 6.42 Å². The summed E-state index contributed by atoms with van der Waals surface area (Å²) in [5.41, 5.74) is 3.54. The molecule has 5 nitrogen and oxygen atoms in total. The van der Waals surface area contributed by atoms with E-state index in [1.165, 1.54) is 0 Å². The van der Waals surface area contributed by atoms with E-state index >= 15 is 0 Å². The van der Waals surface area contributed by atoms with Crippen molar-refractivity contribution in [3.8, 4) is 0 Å². The average Bonchev–Trinajstić information content (AvgIpc) is 1.95. The third kappa shape index (κ3) is 1.87. The minimum absolute atomic E-state index is 0.0570. The van der Waals surface area contributed by atoms with Crippen LogP contribution in [-0.2, 0) is 9.59 Å². The van der Waals surface area contributed by atoms with E-state index in [4.69, 9.17) is 5.73 Å². The first-order chi connectivity index (χ1) is 6.20. The highest BCUT2D eigenvalue weighted by Gasteiger charge is 2.49. The minimum atomic E-state index is -1.63. The number of carboxylic acids is 1. The van der Waals surface area contributed by atoms with Crippen LogP contribution in [0.4, 0.5) is 0 Å². The molecule has 0 rings (SSSR count). The Kier molecular flexibility index (Phi) is 3.65. The number of primary amides is 1. The number of aliphatic carboxylic acids is 1. The van der Waals surface area contributed by atoms with Gasteiger partial charge in [0.05, 0.1) is 21.1 Å². The van der Waals surface area contributed by atoms with E-state index in [1.54, 1.807) is 28.1 Å². The zero-order chi connectivity index (χ0) is 11.6. The van der Waals surface area contributed by atoms with Crippen LogP contribution < -0.4 is 10.8 Å². The molecule has 5 heteroatoms. The summed E-state index contributed by atoms with van der Waals surface area (Å²) in [6.07, 6.45) is 0.751. The van der Waals surface area contributed by atoms with E-state index in [0.29, 0.717) is 6.42 Å². The summed E-state index contributed by atoms with van der Waals surface area (Å²) in [5.74, 6) is -2.24. The molecule has 1 atom stereocenters. The Morgan fingerprint density at radius 2 is 1.79 bits per heavy atom. The predicted octanol–water partition coefficient (Wildman–Crippen LogP) is -1.53. The van der Waals surface area contributed by atoms with E-state index in [1.807, 2.05) is 0 Å². The molecular formula is C9H18N2O3. The molecule has 0 saturated heterocycles. The monoisotopic (exact) mass is 202 g/mol. The number of carboxylic acid groups (broad SMARTS) is 1. The molecule has 2 N–H and O–H groups in total. The van der Waals surface area contributed by atoms with Crippen molar-refractivity contribution in [1.82, 2.24) is 0 Å². The molecular weight excluding hydrogens is 184 g/mol. The van der Waals surface area contributed by atoms with Crippen LogP contribution in [0.5, 0.6) is 0 Å². The largest absolute Gasteiger partial charge is 0.543 e. The molecule has 1 amide bonds. The number of rotatable bonds is 5. The van der Waals surface area contributed by atoms with Gasteiger partial charge in [-0.1, -0.05) is 6.92 Å². The van der Waals surface area contributed by atoms with Gasteiger partial charge in [0.15, 0.2) is 0 Å². The zero-order valence-corrected chi connectivity index (χ0v) is 9.16. The fourth-order valence-corrected chi connectivity index (χ4v) is 1.63. The van der Waals surface area contributed by atoms with Crippen LogP contribution in [0, 0.1) is 0 Å². The quantitative estimate of drug-likeness (QED) is 0.433. The van der Waals surface area contributed by atoms with Crippen molar-refractivity contribution in [2.24, 2.45) is 5.73 Å².